The van der Waals surface area contributed by atoms with E-state index in [9.17, 15) is 4.79 Å². The molecule has 0 unspecified atom stereocenters. The monoisotopic (exact) mass is 323 g/mol. The zero-order valence-electron chi connectivity index (χ0n) is 11.7. The SMILES string of the molecule is COC(=O)c1cccc(NCc2cc(Cl)cc(Cl)c2)c1C. The van der Waals surface area contributed by atoms with E-state index in [2.05, 4.69) is 5.32 Å². The van der Waals surface area contributed by atoms with E-state index in [4.69, 9.17) is 27.9 Å². The predicted octanol–water partition coefficient (Wildman–Crippen LogP) is 4.70. The van der Waals surface area contributed by atoms with Crippen molar-refractivity contribution in [3.05, 3.63) is 63.1 Å². The van der Waals surface area contributed by atoms with Crippen LogP contribution in [0.1, 0.15) is 21.5 Å². The summed E-state index contributed by atoms with van der Waals surface area (Å²) in [6, 6.07) is 10.8. The van der Waals surface area contributed by atoms with E-state index in [0.29, 0.717) is 22.2 Å². The van der Waals surface area contributed by atoms with Crippen molar-refractivity contribution in [2.24, 2.45) is 0 Å². The largest absolute Gasteiger partial charge is 0.465 e. The lowest BCUT2D eigenvalue weighted by Crippen LogP contribution is -2.07. The molecular formula is C16H15Cl2NO2. The summed E-state index contributed by atoms with van der Waals surface area (Å²) in [5, 5.41) is 4.47. The third kappa shape index (κ3) is 3.90. The van der Waals surface area contributed by atoms with Gasteiger partial charge in [-0.05, 0) is 48.4 Å². The average molecular weight is 324 g/mol. The van der Waals surface area contributed by atoms with Crippen LogP contribution in [0, 0.1) is 6.92 Å². The van der Waals surface area contributed by atoms with E-state index < -0.39 is 0 Å². The van der Waals surface area contributed by atoms with E-state index in [0.717, 1.165) is 16.8 Å². The van der Waals surface area contributed by atoms with Crippen molar-refractivity contribution in [2.45, 2.75) is 13.5 Å². The van der Waals surface area contributed by atoms with Gasteiger partial charge in [-0.3, -0.25) is 0 Å². The van der Waals surface area contributed by atoms with Crippen LogP contribution in [-0.2, 0) is 11.3 Å². The minimum Gasteiger partial charge on any atom is -0.465 e. The molecule has 0 saturated carbocycles. The first-order valence-corrected chi connectivity index (χ1v) is 7.13. The van der Waals surface area contributed by atoms with Crippen LogP contribution >= 0.6 is 23.2 Å². The summed E-state index contributed by atoms with van der Waals surface area (Å²) in [7, 11) is 1.37. The third-order valence-corrected chi connectivity index (χ3v) is 3.58. The number of esters is 1. The van der Waals surface area contributed by atoms with Gasteiger partial charge in [0.1, 0.15) is 0 Å². The molecule has 2 aromatic rings. The number of ether oxygens (including phenoxy) is 1. The minimum atomic E-state index is -0.345. The van der Waals surface area contributed by atoms with Gasteiger partial charge in [-0.1, -0.05) is 29.3 Å². The molecule has 5 heteroatoms. The summed E-state index contributed by atoms with van der Waals surface area (Å²) in [6.07, 6.45) is 0. The lowest BCUT2D eigenvalue weighted by atomic mass is 10.1. The van der Waals surface area contributed by atoms with Gasteiger partial charge < -0.3 is 10.1 Å². The third-order valence-electron chi connectivity index (χ3n) is 3.14. The van der Waals surface area contributed by atoms with E-state index in [1.807, 2.05) is 31.2 Å². The summed E-state index contributed by atoms with van der Waals surface area (Å²) in [4.78, 5) is 11.7. The molecule has 2 rings (SSSR count). The van der Waals surface area contributed by atoms with Crippen molar-refractivity contribution < 1.29 is 9.53 Å². The number of anilines is 1. The van der Waals surface area contributed by atoms with Gasteiger partial charge in [0, 0.05) is 22.3 Å². The quantitative estimate of drug-likeness (QED) is 0.829. The Bertz CT molecular complexity index is 651. The highest BCUT2D eigenvalue weighted by molar-refractivity contribution is 6.34. The van der Waals surface area contributed by atoms with E-state index in [1.54, 1.807) is 12.1 Å². The fourth-order valence-corrected chi connectivity index (χ4v) is 2.64. The molecule has 0 aromatic heterocycles. The van der Waals surface area contributed by atoms with Gasteiger partial charge in [-0.15, -0.1) is 0 Å². The smallest absolute Gasteiger partial charge is 0.338 e. The summed E-state index contributed by atoms with van der Waals surface area (Å²) in [5.41, 5.74) is 3.23. The van der Waals surface area contributed by atoms with Crippen molar-refractivity contribution in [3.63, 3.8) is 0 Å². The summed E-state index contributed by atoms with van der Waals surface area (Å²) < 4.78 is 4.76. The second-order valence-corrected chi connectivity index (χ2v) is 5.47. The van der Waals surface area contributed by atoms with E-state index in [-0.39, 0.29) is 5.97 Å². The van der Waals surface area contributed by atoms with Crippen molar-refractivity contribution >= 4 is 34.9 Å². The van der Waals surface area contributed by atoms with Crippen LogP contribution in [0.15, 0.2) is 36.4 Å². The van der Waals surface area contributed by atoms with Crippen LogP contribution in [-0.4, -0.2) is 13.1 Å². The highest BCUT2D eigenvalue weighted by Gasteiger charge is 2.11. The molecule has 0 heterocycles. The molecule has 110 valence electrons. The topological polar surface area (TPSA) is 38.3 Å². The lowest BCUT2D eigenvalue weighted by molar-refractivity contribution is 0.0600. The van der Waals surface area contributed by atoms with Crippen molar-refractivity contribution in [2.75, 3.05) is 12.4 Å². The molecule has 1 N–H and O–H groups in total. The van der Waals surface area contributed by atoms with Gasteiger partial charge in [0.2, 0.25) is 0 Å². The Labute approximate surface area is 133 Å². The zero-order chi connectivity index (χ0) is 15.4. The number of methoxy groups -OCH3 is 1. The van der Waals surface area contributed by atoms with Crippen LogP contribution in [0.3, 0.4) is 0 Å². The number of nitrogens with one attached hydrogen (secondary N) is 1. The van der Waals surface area contributed by atoms with Crippen molar-refractivity contribution in [1.29, 1.82) is 0 Å². The molecule has 0 saturated heterocycles. The van der Waals surface area contributed by atoms with Gasteiger partial charge in [-0.2, -0.15) is 0 Å². The van der Waals surface area contributed by atoms with Crippen LogP contribution in [0.25, 0.3) is 0 Å². The maximum absolute atomic E-state index is 11.7. The second-order valence-electron chi connectivity index (χ2n) is 4.60. The normalized spacial score (nSPS) is 10.3. The Morgan fingerprint density at radius 2 is 1.86 bits per heavy atom. The molecule has 0 radical (unpaired) electrons. The Morgan fingerprint density at radius 3 is 2.48 bits per heavy atom. The minimum absolute atomic E-state index is 0.345. The van der Waals surface area contributed by atoms with Gasteiger partial charge in [0.25, 0.3) is 0 Å². The number of rotatable bonds is 4. The van der Waals surface area contributed by atoms with Crippen molar-refractivity contribution in [3.8, 4) is 0 Å². The number of hydrogen-bond acceptors (Lipinski definition) is 3. The fourth-order valence-electron chi connectivity index (χ4n) is 2.07. The summed E-state index contributed by atoms with van der Waals surface area (Å²) in [5.74, 6) is -0.345. The summed E-state index contributed by atoms with van der Waals surface area (Å²) in [6.45, 7) is 2.44. The molecule has 0 aliphatic carbocycles. The molecule has 0 spiro atoms. The Hall–Kier alpha value is -1.71. The number of carbonyl (C=O) groups excluding carboxylic acids is 1. The van der Waals surface area contributed by atoms with E-state index in [1.165, 1.54) is 7.11 Å². The summed E-state index contributed by atoms with van der Waals surface area (Å²) >= 11 is 12.0. The van der Waals surface area contributed by atoms with Gasteiger partial charge in [0.15, 0.2) is 0 Å². The average Bonchev–Trinajstić information content (AvgIpc) is 2.44. The van der Waals surface area contributed by atoms with Gasteiger partial charge >= 0.3 is 5.97 Å². The Morgan fingerprint density at radius 1 is 1.19 bits per heavy atom. The van der Waals surface area contributed by atoms with Gasteiger partial charge in [-0.25, -0.2) is 4.79 Å². The molecule has 21 heavy (non-hydrogen) atoms. The maximum Gasteiger partial charge on any atom is 0.338 e. The van der Waals surface area contributed by atoms with Gasteiger partial charge in [0.05, 0.1) is 12.7 Å². The predicted molar refractivity (Wildman–Crippen MR) is 86.3 cm³/mol. The highest BCUT2D eigenvalue weighted by atomic mass is 35.5. The number of benzene rings is 2. The molecule has 0 amide bonds. The number of hydrogen-bond donors (Lipinski definition) is 1. The molecule has 2 aromatic carbocycles. The van der Waals surface area contributed by atoms with Crippen molar-refractivity contribution in [1.82, 2.24) is 0 Å². The Kier molecular flexibility index (Phi) is 5.10. The molecule has 0 fully saturated rings. The van der Waals surface area contributed by atoms with Crippen LogP contribution in [0.2, 0.25) is 10.0 Å². The number of halogens is 2. The molecule has 0 bridgehead atoms. The van der Waals surface area contributed by atoms with Crippen LogP contribution < -0.4 is 5.32 Å². The van der Waals surface area contributed by atoms with E-state index >= 15 is 0 Å². The zero-order valence-corrected chi connectivity index (χ0v) is 13.3. The molecule has 3 nitrogen and oxygen atoms in total. The Balaban J connectivity index is 2.18. The molecule has 0 aliphatic rings. The van der Waals surface area contributed by atoms with Crippen LogP contribution in [0.4, 0.5) is 5.69 Å². The second kappa shape index (κ2) is 6.83. The maximum atomic E-state index is 11.7. The van der Waals surface area contributed by atoms with Crippen LogP contribution in [0.5, 0.6) is 0 Å². The highest BCUT2D eigenvalue weighted by Crippen LogP contribution is 2.23. The first kappa shape index (κ1) is 15.7. The molecule has 0 aliphatic heterocycles. The lowest BCUT2D eigenvalue weighted by Gasteiger charge is -2.12. The standard InChI is InChI=1S/C16H15Cl2NO2/c1-10-14(16(20)21-2)4-3-5-15(10)19-9-11-6-12(17)8-13(18)7-11/h3-8,19H,9H2,1-2H3. The first-order valence-electron chi connectivity index (χ1n) is 6.38. The molecule has 0 atom stereocenters. The molecular weight excluding hydrogens is 309 g/mol. The number of carbonyl (C=O) groups is 1. The first-order chi connectivity index (χ1) is 10.0. The fraction of sp³-hybridized carbons (Fsp3) is 0.188.